The zero-order chi connectivity index (χ0) is 12.4. The predicted octanol–water partition coefficient (Wildman–Crippen LogP) is 1.97. The third-order valence-corrected chi connectivity index (χ3v) is 3.05. The first-order valence-corrected chi connectivity index (χ1v) is 6.55. The fourth-order valence-corrected chi connectivity index (χ4v) is 2.01. The van der Waals surface area contributed by atoms with Crippen LogP contribution in [0.25, 0.3) is 0 Å². The van der Waals surface area contributed by atoms with Gasteiger partial charge in [-0.1, -0.05) is 20.8 Å². The molecule has 3 heteroatoms. The van der Waals surface area contributed by atoms with Crippen molar-refractivity contribution in [3.05, 3.63) is 0 Å². The van der Waals surface area contributed by atoms with Crippen LogP contribution in [-0.2, 0) is 4.74 Å². The SMILES string of the molecule is CCN(CCOC)CCC(CN)CC(C)C. The molecule has 0 heterocycles. The molecule has 0 saturated heterocycles. The summed E-state index contributed by atoms with van der Waals surface area (Å²) >= 11 is 0. The van der Waals surface area contributed by atoms with Crippen molar-refractivity contribution in [2.24, 2.45) is 17.6 Å². The van der Waals surface area contributed by atoms with Gasteiger partial charge in [-0.15, -0.1) is 0 Å². The van der Waals surface area contributed by atoms with Crippen LogP contribution in [0.4, 0.5) is 0 Å². The van der Waals surface area contributed by atoms with E-state index < -0.39 is 0 Å². The number of nitrogens with zero attached hydrogens (tertiary/aromatic N) is 1. The van der Waals surface area contributed by atoms with Crippen molar-refractivity contribution < 1.29 is 4.74 Å². The largest absolute Gasteiger partial charge is 0.383 e. The van der Waals surface area contributed by atoms with E-state index in [9.17, 15) is 0 Å². The molecule has 0 amide bonds. The Morgan fingerprint density at radius 1 is 1.25 bits per heavy atom. The van der Waals surface area contributed by atoms with Crippen LogP contribution in [-0.4, -0.2) is 44.8 Å². The van der Waals surface area contributed by atoms with E-state index in [1.54, 1.807) is 7.11 Å². The molecule has 0 saturated carbocycles. The van der Waals surface area contributed by atoms with Gasteiger partial charge >= 0.3 is 0 Å². The van der Waals surface area contributed by atoms with Gasteiger partial charge in [-0.3, -0.25) is 0 Å². The topological polar surface area (TPSA) is 38.5 Å². The second kappa shape index (κ2) is 10.1. The van der Waals surface area contributed by atoms with Crippen LogP contribution in [0, 0.1) is 11.8 Å². The molecule has 0 aliphatic carbocycles. The van der Waals surface area contributed by atoms with E-state index in [0.717, 1.165) is 38.7 Å². The van der Waals surface area contributed by atoms with Gasteiger partial charge in [0.15, 0.2) is 0 Å². The molecule has 1 atom stereocenters. The van der Waals surface area contributed by atoms with E-state index in [1.165, 1.54) is 12.8 Å². The van der Waals surface area contributed by atoms with Gasteiger partial charge in [-0.2, -0.15) is 0 Å². The van der Waals surface area contributed by atoms with Crippen molar-refractivity contribution in [1.82, 2.24) is 4.90 Å². The molecule has 3 nitrogen and oxygen atoms in total. The van der Waals surface area contributed by atoms with E-state index in [-0.39, 0.29) is 0 Å². The average Bonchev–Trinajstić information content (AvgIpc) is 2.27. The van der Waals surface area contributed by atoms with Crippen LogP contribution in [0.15, 0.2) is 0 Å². The Kier molecular flexibility index (Phi) is 9.99. The van der Waals surface area contributed by atoms with Crippen molar-refractivity contribution in [2.45, 2.75) is 33.6 Å². The Balaban J connectivity index is 3.78. The predicted molar refractivity (Wildman–Crippen MR) is 70.6 cm³/mol. The summed E-state index contributed by atoms with van der Waals surface area (Å²) in [6.07, 6.45) is 2.46. The minimum absolute atomic E-state index is 0.677. The van der Waals surface area contributed by atoms with Gasteiger partial charge in [-0.25, -0.2) is 0 Å². The molecule has 0 aromatic heterocycles. The summed E-state index contributed by atoms with van der Waals surface area (Å²) in [6, 6.07) is 0. The lowest BCUT2D eigenvalue weighted by Crippen LogP contribution is -2.31. The molecule has 0 aromatic carbocycles. The molecular weight excluding hydrogens is 200 g/mol. The first-order chi connectivity index (χ1) is 7.63. The number of nitrogens with two attached hydrogens (primary N) is 1. The lowest BCUT2D eigenvalue weighted by Gasteiger charge is -2.23. The molecule has 1 unspecified atom stereocenters. The molecule has 0 radical (unpaired) electrons. The maximum absolute atomic E-state index is 5.81. The maximum Gasteiger partial charge on any atom is 0.0589 e. The Bertz CT molecular complexity index is 151. The van der Waals surface area contributed by atoms with Gasteiger partial charge in [0.05, 0.1) is 6.61 Å². The van der Waals surface area contributed by atoms with Crippen LogP contribution < -0.4 is 5.73 Å². The molecule has 0 aliphatic rings. The molecule has 16 heavy (non-hydrogen) atoms. The lowest BCUT2D eigenvalue weighted by atomic mass is 9.94. The lowest BCUT2D eigenvalue weighted by molar-refractivity contribution is 0.145. The second-order valence-corrected chi connectivity index (χ2v) is 4.95. The van der Waals surface area contributed by atoms with Crippen molar-refractivity contribution in [3.8, 4) is 0 Å². The molecular formula is C13H30N2O. The zero-order valence-corrected chi connectivity index (χ0v) is 11.5. The Morgan fingerprint density at radius 3 is 2.38 bits per heavy atom. The number of ether oxygens (including phenoxy) is 1. The van der Waals surface area contributed by atoms with Gasteiger partial charge in [0, 0.05) is 13.7 Å². The van der Waals surface area contributed by atoms with E-state index >= 15 is 0 Å². The van der Waals surface area contributed by atoms with E-state index in [2.05, 4.69) is 25.7 Å². The monoisotopic (exact) mass is 230 g/mol. The van der Waals surface area contributed by atoms with Crippen molar-refractivity contribution in [3.63, 3.8) is 0 Å². The standard InChI is InChI=1S/C13H30N2O/c1-5-15(8-9-16-4)7-6-13(11-14)10-12(2)3/h12-13H,5-11,14H2,1-4H3. The van der Waals surface area contributed by atoms with Crippen LogP contribution in [0.5, 0.6) is 0 Å². The van der Waals surface area contributed by atoms with Gasteiger partial charge in [-0.05, 0) is 44.3 Å². The molecule has 0 spiro atoms. The Labute approximate surface area is 101 Å². The summed E-state index contributed by atoms with van der Waals surface area (Å²) in [4.78, 5) is 2.44. The van der Waals surface area contributed by atoms with Crippen LogP contribution >= 0.6 is 0 Å². The van der Waals surface area contributed by atoms with Crippen LogP contribution in [0.3, 0.4) is 0 Å². The maximum atomic E-state index is 5.81. The number of rotatable bonds is 10. The van der Waals surface area contributed by atoms with Crippen molar-refractivity contribution in [1.29, 1.82) is 0 Å². The highest BCUT2D eigenvalue weighted by Crippen LogP contribution is 2.14. The van der Waals surface area contributed by atoms with Crippen molar-refractivity contribution in [2.75, 3.05) is 39.9 Å². The van der Waals surface area contributed by atoms with Gasteiger partial charge in [0.2, 0.25) is 0 Å². The summed E-state index contributed by atoms with van der Waals surface area (Å²) in [7, 11) is 1.76. The number of methoxy groups -OCH3 is 1. The van der Waals surface area contributed by atoms with Crippen molar-refractivity contribution >= 4 is 0 Å². The smallest absolute Gasteiger partial charge is 0.0589 e. The molecule has 2 N–H and O–H groups in total. The van der Waals surface area contributed by atoms with Crippen LogP contribution in [0.2, 0.25) is 0 Å². The Morgan fingerprint density at radius 2 is 1.94 bits per heavy atom. The highest BCUT2D eigenvalue weighted by atomic mass is 16.5. The molecule has 0 fully saturated rings. The van der Waals surface area contributed by atoms with Gasteiger partial charge in [0.25, 0.3) is 0 Å². The van der Waals surface area contributed by atoms with E-state index in [4.69, 9.17) is 10.5 Å². The molecule has 0 rings (SSSR count). The second-order valence-electron chi connectivity index (χ2n) is 4.95. The average molecular weight is 230 g/mol. The first kappa shape index (κ1) is 15.9. The summed E-state index contributed by atoms with van der Waals surface area (Å²) in [5.41, 5.74) is 5.81. The highest BCUT2D eigenvalue weighted by molar-refractivity contribution is 4.65. The first-order valence-electron chi connectivity index (χ1n) is 6.55. The highest BCUT2D eigenvalue weighted by Gasteiger charge is 2.11. The zero-order valence-electron chi connectivity index (χ0n) is 11.5. The van der Waals surface area contributed by atoms with Gasteiger partial charge < -0.3 is 15.4 Å². The third kappa shape index (κ3) is 8.08. The fourth-order valence-electron chi connectivity index (χ4n) is 2.01. The summed E-state index contributed by atoms with van der Waals surface area (Å²) in [5.74, 6) is 1.43. The normalized spacial score (nSPS) is 13.7. The summed E-state index contributed by atoms with van der Waals surface area (Å²) in [5, 5.41) is 0. The minimum atomic E-state index is 0.677. The molecule has 0 bridgehead atoms. The Hall–Kier alpha value is -0.120. The fraction of sp³-hybridized carbons (Fsp3) is 1.00. The molecule has 98 valence electrons. The summed E-state index contributed by atoms with van der Waals surface area (Å²) < 4.78 is 5.11. The number of hydrogen-bond acceptors (Lipinski definition) is 3. The third-order valence-electron chi connectivity index (χ3n) is 3.05. The quantitative estimate of drug-likeness (QED) is 0.623. The van der Waals surface area contributed by atoms with Gasteiger partial charge in [0.1, 0.15) is 0 Å². The van der Waals surface area contributed by atoms with E-state index in [1.807, 2.05) is 0 Å². The number of likely N-dealkylation sites (N-methyl/N-ethyl adjacent to an activating group) is 1. The molecule has 0 aromatic rings. The number of hydrogen-bond donors (Lipinski definition) is 1. The van der Waals surface area contributed by atoms with E-state index in [0.29, 0.717) is 5.92 Å². The molecule has 0 aliphatic heterocycles. The van der Waals surface area contributed by atoms with Crippen LogP contribution in [0.1, 0.15) is 33.6 Å². The minimum Gasteiger partial charge on any atom is -0.383 e. The summed E-state index contributed by atoms with van der Waals surface area (Å²) in [6.45, 7) is 11.7.